The highest BCUT2D eigenvalue weighted by Crippen LogP contribution is 2.16. The Hall–Kier alpha value is -1.55. The Kier molecular flexibility index (Phi) is 3.87. The number of benzene rings is 1. The molecule has 0 saturated carbocycles. The molecule has 0 radical (unpaired) electrons. The van der Waals surface area contributed by atoms with Crippen molar-refractivity contribution in [1.29, 1.82) is 0 Å². The molecule has 1 heterocycles. The number of likely N-dealkylation sites (tertiary alicyclic amines) is 1. The number of hydrogen-bond acceptors (Lipinski definition) is 3. The van der Waals surface area contributed by atoms with Gasteiger partial charge >= 0.3 is 0 Å². The van der Waals surface area contributed by atoms with Crippen LogP contribution in [-0.2, 0) is 0 Å². The van der Waals surface area contributed by atoms with Gasteiger partial charge in [0, 0.05) is 18.2 Å². The number of nitrogens with zero attached hydrogens (tertiary/aromatic N) is 1. The molecule has 1 saturated heterocycles. The molecule has 1 aromatic rings. The van der Waals surface area contributed by atoms with E-state index in [1.807, 2.05) is 6.92 Å². The second-order valence-corrected chi connectivity index (χ2v) is 4.99. The zero-order valence-electron chi connectivity index (χ0n) is 10.9. The maximum atomic E-state index is 12.0. The highest BCUT2D eigenvalue weighted by atomic mass is 16.3. The molecule has 0 aromatic heterocycles. The first-order valence-corrected chi connectivity index (χ1v) is 6.36. The van der Waals surface area contributed by atoms with Crippen LogP contribution in [0, 0.1) is 6.92 Å². The number of phenolic OH excluding ortho intramolecular Hbond substituents is 1. The maximum Gasteiger partial charge on any atom is 0.251 e. The van der Waals surface area contributed by atoms with Crippen LogP contribution in [0.5, 0.6) is 5.75 Å². The molecular weight excluding hydrogens is 228 g/mol. The number of phenols is 1. The Labute approximate surface area is 108 Å². The third-order valence-electron chi connectivity index (χ3n) is 3.62. The van der Waals surface area contributed by atoms with Crippen LogP contribution in [-0.4, -0.2) is 42.1 Å². The number of carbonyl (C=O) groups is 1. The maximum absolute atomic E-state index is 12.0. The monoisotopic (exact) mass is 248 g/mol. The molecule has 2 rings (SSSR count). The fraction of sp³-hybridized carbons (Fsp3) is 0.500. The van der Waals surface area contributed by atoms with E-state index in [2.05, 4.69) is 17.3 Å². The number of amides is 1. The standard InChI is InChI=1S/C14H20N2O2/c1-10-8-12(17)5-6-13(10)14(18)15-9-11-4-3-7-16(11)2/h5-6,8,11,17H,3-4,7,9H2,1-2H3,(H,15,18). The van der Waals surface area contributed by atoms with Crippen molar-refractivity contribution in [3.63, 3.8) is 0 Å². The lowest BCUT2D eigenvalue weighted by molar-refractivity contribution is 0.0943. The second kappa shape index (κ2) is 5.40. The zero-order valence-corrected chi connectivity index (χ0v) is 10.9. The van der Waals surface area contributed by atoms with Gasteiger partial charge in [0.2, 0.25) is 0 Å². The van der Waals surface area contributed by atoms with E-state index in [4.69, 9.17) is 0 Å². The molecule has 1 aromatic carbocycles. The van der Waals surface area contributed by atoms with Crippen LogP contribution in [0.15, 0.2) is 18.2 Å². The van der Waals surface area contributed by atoms with Crippen LogP contribution in [0.4, 0.5) is 0 Å². The van der Waals surface area contributed by atoms with E-state index >= 15 is 0 Å². The van der Waals surface area contributed by atoms with Gasteiger partial charge in [0.05, 0.1) is 0 Å². The summed E-state index contributed by atoms with van der Waals surface area (Å²) in [6.07, 6.45) is 2.35. The predicted molar refractivity (Wildman–Crippen MR) is 70.8 cm³/mol. The molecular formula is C14H20N2O2. The molecule has 98 valence electrons. The summed E-state index contributed by atoms with van der Waals surface area (Å²) in [6, 6.07) is 5.27. The first kappa shape index (κ1) is 12.9. The fourth-order valence-electron chi connectivity index (χ4n) is 2.45. The quantitative estimate of drug-likeness (QED) is 0.853. The van der Waals surface area contributed by atoms with Gasteiger partial charge in [-0.1, -0.05) is 0 Å². The molecule has 1 fully saturated rings. The summed E-state index contributed by atoms with van der Waals surface area (Å²) < 4.78 is 0. The van der Waals surface area contributed by atoms with E-state index in [-0.39, 0.29) is 11.7 Å². The van der Waals surface area contributed by atoms with Crippen LogP contribution in [0.3, 0.4) is 0 Å². The minimum absolute atomic E-state index is 0.0622. The first-order chi connectivity index (χ1) is 8.58. The number of nitrogens with one attached hydrogen (secondary N) is 1. The minimum Gasteiger partial charge on any atom is -0.508 e. The predicted octanol–water partition coefficient (Wildman–Crippen LogP) is 1.52. The minimum atomic E-state index is -0.0622. The van der Waals surface area contributed by atoms with Crippen molar-refractivity contribution in [3.8, 4) is 5.75 Å². The largest absolute Gasteiger partial charge is 0.508 e. The third-order valence-corrected chi connectivity index (χ3v) is 3.62. The van der Waals surface area contributed by atoms with Crippen molar-refractivity contribution >= 4 is 5.91 Å². The van der Waals surface area contributed by atoms with Crippen LogP contribution < -0.4 is 5.32 Å². The molecule has 1 unspecified atom stereocenters. The normalized spacial score (nSPS) is 20.0. The van der Waals surface area contributed by atoms with Gasteiger partial charge in [-0.15, -0.1) is 0 Å². The molecule has 2 N–H and O–H groups in total. The Balaban J connectivity index is 1.95. The summed E-state index contributed by atoms with van der Waals surface area (Å²) in [5.74, 6) is 0.132. The third kappa shape index (κ3) is 2.82. The lowest BCUT2D eigenvalue weighted by Gasteiger charge is -2.19. The van der Waals surface area contributed by atoms with Gasteiger partial charge in [-0.05, 0) is 57.1 Å². The van der Waals surface area contributed by atoms with E-state index in [1.165, 1.54) is 6.42 Å². The highest BCUT2D eigenvalue weighted by molar-refractivity contribution is 5.95. The van der Waals surface area contributed by atoms with Crippen molar-refractivity contribution < 1.29 is 9.90 Å². The van der Waals surface area contributed by atoms with Gasteiger partial charge in [0.1, 0.15) is 5.75 Å². The summed E-state index contributed by atoms with van der Waals surface area (Å²) >= 11 is 0. The molecule has 1 amide bonds. The molecule has 18 heavy (non-hydrogen) atoms. The van der Waals surface area contributed by atoms with E-state index in [9.17, 15) is 9.90 Å². The average Bonchev–Trinajstić information content (AvgIpc) is 2.72. The van der Waals surface area contributed by atoms with Gasteiger partial charge in [-0.2, -0.15) is 0 Å². The SMILES string of the molecule is Cc1cc(O)ccc1C(=O)NCC1CCCN1C. The highest BCUT2D eigenvalue weighted by Gasteiger charge is 2.21. The van der Waals surface area contributed by atoms with Crippen LogP contribution in [0.25, 0.3) is 0 Å². The van der Waals surface area contributed by atoms with Gasteiger partial charge in [0.25, 0.3) is 5.91 Å². The molecule has 0 spiro atoms. The lowest BCUT2D eigenvalue weighted by Crippen LogP contribution is -2.38. The zero-order chi connectivity index (χ0) is 13.1. The van der Waals surface area contributed by atoms with Crippen molar-refractivity contribution in [3.05, 3.63) is 29.3 Å². The molecule has 1 atom stereocenters. The van der Waals surface area contributed by atoms with Crippen molar-refractivity contribution in [1.82, 2.24) is 10.2 Å². The number of aromatic hydroxyl groups is 1. The summed E-state index contributed by atoms with van der Waals surface area (Å²) in [4.78, 5) is 14.3. The summed E-state index contributed by atoms with van der Waals surface area (Å²) in [7, 11) is 2.09. The van der Waals surface area contributed by atoms with Crippen LogP contribution in [0.1, 0.15) is 28.8 Å². The number of aryl methyl sites for hydroxylation is 1. The Bertz CT molecular complexity index is 445. The molecule has 1 aliphatic heterocycles. The fourth-order valence-corrected chi connectivity index (χ4v) is 2.45. The number of carbonyl (C=O) groups excluding carboxylic acids is 1. The Morgan fingerprint density at radius 3 is 2.94 bits per heavy atom. The molecule has 4 heteroatoms. The van der Waals surface area contributed by atoms with Gasteiger partial charge in [0.15, 0.2) is 0 Å². The van der Waals surface area contributed by atoms with Crippen LogP contribution in [0.2, 0.25) is 0 Å². The van der Waals surface area contributed by atoms with E-state index < -0.39 is 0 Å². The number of rotatable bonds is 3. The summed E-state index contributed by atoms with van der Waals surface area (Å²) in [5, 5.41) is 12.3. The van der Waals surface area contributed by atoms with Gasteiger partial charge in [-0.25, -0.2) is 0 Å². The molecule has 0 aliphatic carbocycles. The number of likely N-dealkylation sites (N-methyl/N-ethyl adjacent to an activating group) is 1. The van der Waals surface area contributed by atoms with Gasteiger partial charge in [-0.3, -0.25) is 4.79 Å². The average molecular weight is 248 g/mol. The molecule has 0 bridgehead atoms. The molecule has 4 nitrogen and oxygen atoms in total. The second-order valence-electron chi connectivity index (χ2n) is 4.99. The van der Waals surface area contributed by atoms with Gasteiger partial charge < -0.3 is 15.3 Å². The van der Waals surface area contributed by atoms with E-state index in [0.29, 0.717) is 18.2 Å². The Morgan fingerprint density at radius 2 is 2.33 bits per heavy atom. The smallest absolute Gasteiger partial charge is 0.251 e. The number of hydrogen-bond donors (Lipinski definition) is 2. The van der Waals surface area contributed by atoms with Crippen LogP contribution >= 0.6 is 0 Å². The molecule has 1 aliphatic rings. The Morgan fingerprint density at radius 1 is 1.56 bits per heavy atom. The van der Waals surface area contributed by atoms with Crippen molar-refractivity contribution in [2.75, 3.05) is 20.1 Å². The topological polar surface area (TPSA) is 52.6 Å². The van der Waals surface area contributed by atoms with E-state index in [0.717, 1.165) is 18.5 Å². The summed E-state index contributed by atoms with van der Waals surface area (Å²) in [5.41, 5.74) is 1.43. The van der Waals surface area contributed by atoms with E-state index in [1.54, 1.807) is 18.2 Å². The summed E-state index contributed by atoms with van der Waals surface area (Å²) in [6.45, 7) is 3.63. The van der Waals surface area contributed by atoms with Crippen molar-refractivity contribution in [2.45, 2.75) is 25.8 Å². The first-order valence-electron chi connectivity index (χ1n) is 6.36. The lowest BCUT2D eigenvalue weighted by atomic mass is 10.1. The van der Waals surface area contributed by atoms with Crippen molar-refractivity contribution in [2.24, 2.45) is 0 Å².